The molecule has 0 saturated heterocycles. The summed E-state index contributed by atoms with van der Waals surface area (Å²) in [7, 11) is 1.63. The number of nitrogen functional groups attached to an aromatic ring is 1. The van der Waals surface area contributed by atoms with Crippen molar-refractivity contribution < 1.29 is 13.9 Å². The third-order valence-electron chi connectivity index (χ3n) is 2.03. The minimum Gasteiger partial charge on any atom is -0.488 e. The number of rotatable bonds is 5. The summed E-state index contributed by atoms with van der Waals surface area (Å²) in [5.41, 5.74) is 6.09. The molecule has 4 heteroatoms. The van der Waals surface area contributed by atoms with E-state index in [1.807, 2.05) is 6.92 Å². The molecule has 0 amide bonds. The topological polar surface area (TPSA) is 44.5 Å². The monoisotopic (exact) mass is 213 g/mol. The van der Waals surface area contributed by atoms with Crippen molar-refractivity contribution in [1.82, 2.24) is 0 Å². The lowest BCUT2D eigenvalue weighted by atomic mass is 10.2. The van der Waals surface area contributed by atoms with E-state index in [1.165, 1.54) is 18.2 Å². The van der Waals surface area contributed by atoms with Gasteiger partial charge in [-0.05, 0) is 19.1 Å². The molecule has 1 atom stereocenters. The summed E-state index contributed by atoms with van der Waals surface area (Å²) in [5, 5.41) is 0. The molecule has 2 N–H and O–H groups in total. The molecule has 0 fully saturated rings. The number of benzene rings is 1. The number of nitrogens with two attached hydrogens (primary N) is 1. The van der Waals surface area contributed by atoms with Crippen LogP contribution in [0.4, 0.5) is 10.1 Å². The van der Waals surface area contributed by atoms with Crippen LogP contribution in [0.5, 0.6) is 5.75 Å². The number of anilines is 1. The zero-order valence-corrected chi connectivity index (χ0v) is 9.00. The van der Waals surface area contributed by atoms with Crippen LogP contribution in [0.15, 0.2) is 18.2 Å². The van der Waals surface area contributed by atoms with Gasteiger partial charge >= 0.3 is 0 Å². The number of methoxy groups -OCH3 is 1. The molecule has 1 rings (SSSR count). The van der Waals surface area contributed by atoms with E-state index in [1.54, 1.807) is 7.11 Å². The molecule has 0 bridgehead atoms. The lowest BCUT2D eigenvalue weighted by Gasteiger charge is -2.15. The van der Waals surface area contributed by atoms with Crippen molar-refractivity contribution in [3.63, 3.8) is 0 Å². The first-order valence-electron chi connectivity index (χ1n) is 4.84. The van der Waals surface area contributed by atoms with Crippen LogP contribution in [0.25, 0.3) is 0 Å². The van der Waals surface area contributed by atoms with Gasteiger partial charge in [0.05, 0.1) is 11.8 Å². The van der Waals surface area contributed by atoms with Crippen molar-refractivity contribution in [3.05, 3.63) is 24.0 Å². The minimum absolute atomic E-state index is 0.0472. The van der Waals surface area contributed by atoms with Crippen LogP contribution in [-0.4, -0.2) is 19.8 Å². The van der Waals surface area contributed by atoms with E-state index >= 15 is 0 Å². The second kappa shape index (κ2) is 5.56. The quantitative estimate of drug-likeness (QED) is 0.763. The minimum atomic E-state index is -0.349. The van der Waals surface area contributed by atoms with Crippen molar-refractivity contribution >= 4 is 5.69 Å². The van der Waals surface area contributed by atoms with Crippen molar-refractivity contribution in [1.29, 1.82) is 0 Å². The molecule has 0 aliphatic carbocycles. The van der Waals surface area contributed by atoms with E-state index in [4.69, 9.17) is 15.2 Å². The number of hydrogen-bond acceptors (Lipinski definition) is 3. The van der Waals surface area contributed by atoms with E-state index in [2.05, 4.69) is 0 Å². The first-order valence-corrected chi connectivity index (χ1v) is 4.84. The Morgan fingerprint density at radius 1 is 1.47 bits per heavy atom. The molecule has 1 aromatic carbocycles. The van der Waals surface area contributed by atoms with E-state index < -0.39 is 0 Å². The Bertz CT molecular complexity index is 317. The molecule has 0 aliphatic heterocycles. The average molecular weight is 213 g/mol. The van der Waals surface area contributed by atoms with Gasteiger partial charge in [0.1, 0.15) is 11.6 Å². The van der Waals surface area contributed by atoms with Crippen molar-refractivity contribution in [2.75, 3.05) is 19.5 Å². The van der Waals surface area contributed by atoms with Gasteiger partial charge in [-0.1, -0.05) is 0 Å². The standard InChI is InChI=1S/C11H16FNO2/c1-8(5-6-14-2)15-11-7-9(12)3-4-10(11)13/h3-4,7-8H,5-6,13H2,1-2H3. The molecule has 0 saturated carbocycles. The molecule has 0 aliphatic rings. The van der Waals surface area contributed by atoms with Crippen LogP contribution in [-0.2, 0) is 4.74 Å². The molecule has 1 aromatic rings. The normalized spacial score (nSPS) is 12.5. The molecule has 0 spiro atoms. The summed E-state index contributed by atoms with van der Waals surface area (Å²) in [6, 6.07) is 4.09. The Labute approximate surface area is 89.0 Å². The molecule has 1 unspecified atom stereocenters. The fourth-order valence-corrected chi connectivity index (χ4v) is 1.17. The van der Waals surface area contributed by atoms with Crippen LogP contribution in [0.1, 0.15) is 13.3 Å². The number of hydrogen-bond donors (Lipinski definition) is 1. The average Bonchev–Trinajstić information content (AvgIpc) is 2.20. The maximum absolute atomic E-state index is 12.9. The van der Waals surface area contributed by atoms with Crippen LogP contribution in [0.2, 0.25) is 0 Å². The van der Waals surface area contributed by atoms with Crippen LogP contribution < -0.4 is 10.5 Å². The van der Waals surface area contributed by atoms with Gasteiger partial charge in [-0.25, -0.2) is 4.39 Å². The van der Waals surface area contributed by atoms with Crippen molar-refractivity contribution in [2.24, 2.45) is 0 Å². The molecule has 0 heterocycles. The molecule has 0 aromatic heterocycles. The van der Waals surface area contributed by atoms with E-state index in [0.717, 1.165) is 6.42 Å². The Balaban J connectivity index is 2.59. The van der Waals surface area contributed by atoms with E-state index in [-0.39, 0.29) is 11.9 Å². The largest absolute Gasteiger partial charge is 0.488 e. The Kier molecular flexibility index (Phi) is 4.37. The second-order valence-corrected chi connectivity index (χ2v) is 3.39. The lowest BCUT2D eigenvalue weighted by Crippen LogP contribution is -2.15. The summed E-state index contributed by atoms with van der Waals surface area (Å²) in [4.78, 5) is 0. The number of ether oxygens (including phenoxy) is 2. The van der Waals surface area contributed by atoms with Gasteiger partial charge in [-0.15, -0.1) is 0 Å². The molecular formula is C11H16FNO2. The smallest absolute Gasteiger partial charge is 0.145 e. The molecule has 0 radical (unpaired) electrons. The van der Waals surface area contributed by atoms with Crippen LogP contribution >= 0.6 is 0 Å². The highest BCUT2D eigenvalue weighted by molar-refractivity contribution is 5.52. The summed E-state index contributed by atoms with van der Waals surface area (Å²) in [5.74, 6) is 0.0387. The van der Waals surface area contributed by atoms with E-state index in [0.29, 0.717) is 18.0 Å². The molecule has 3 nitrogen and oxygen atoms in total. The highest BCUT2D eigenvalue weighted by Crippen LogP contribution is 2.23. The Morgan fingerprint density at radius 2 is 2.20 bits per heavy atom. The van der Waals surface area contributed by atoms with Gasteiger partial charge in [0, 0.05) is 26.2 Å². The SMILES string of the molecule is COCCC(C)Oc1cc(F)ccc1N. The first-order chi connectivity index (χ1) is 7.13. The highest BCUT2D eigenvalue weighted by atomic mass is 19.1. The third kappa shape index (κ3) is 3.75. The summed E-state index contributed by atoms with van der Waals surface area (Å²) < 4.78 is 23.3. The Morgan fingerprint density at radius 3 is 2.87 bits per heavy atom. The number of halogens is 1. The van der Waals surface area contributed by atoms with Gasteiger partial charge in [-0.2, -0.15) is 0 Å². The zero-order valence-electron chi connectivity index (χ0n) is 9.00. The van der Waals surface area contributed by atoms with Gasteiger partial charge in [0.2, 0.25) is 0 Å². The van der Waals surface area contributed by atoms with Gasteiger partial charge in [-0.3, -0.25) is 0 Å². The highest BCUT2D eigenvalue weighted by Gasteiger charge is 2.07. The fraction of sp³-hybridized carbons (Fsp3) is 0.455. The molecule has 15 heavy (non-hydrogen) atoms. The fourth-order valence-electron chi connectivity index (χ4n) is 1.17. The second-order valence-electron chi connectivity index (χ2n) is 3.39. The molecule has 84 valence electrons. The summed E-state index contributed by atoms with van der Waals surface area (Å²) >= 11 is 0. The van der Waals surface area contributed by atoms with Crippen LogP contribution in [0, 0.1) is 5.82 Å². The van der Waals surface area contributed by atoms with Gasteiger partial charge in [0.15, 0.2) is 0 Å². The van der Waals surface area contributed by atoms with Crippen molar-refractivity contribution in [3.8, 4) is 5.75 Å². The lowest BCUT2D eigenvalue weighted by molar-refractivity contribution is 0.135. The predicted octanol–water partition coefficient (Wildman–Crippen LogP) is 2.21. The maximum atomic E-state index is 12.9. The van der Waals surface area contributed by atoms with Gasteiger partial charge in [0.25, 0.3) is 0 Å². The third-order valence-corrected chi connectivity index (χ3v) is 2.03. The Hall–Kier alpha value is -1.29. The zero-order chi connectivity index (χ0) is 11.3. The predicted molar refractivity (Wildman–Crippen MR) is 57.4 cm³/mol. The summed E-state index contributed by atoms with van der Waals surface area (Å²) in [6.45, 7) is 2.50. The first kappa shape index (κ1) is 11.8. The molecular weight excluding hydrogens is 197 g/mol. The van der Waals surface area contributed by atoms with Crippen LogP contribution in [0.3, 0.4) is 0 Å². The van der Waals surface area contributed by atoms with E-state index in [9.17, 15) is 4.39 Å². The summed E-state index contributed by atoms with van der Waals surface area (Å²) in [6.07, 6.45) is 0.695. The van der Waals surface area contributed by atoms with Crippen molar-refractivity contribution in [2.45, 2.75) is 19.4 Å². The maximum Gasteiger partial charge on any atom is 0.145 e. The van der Waals surface area contributed by atoms with Gasteiger partial charge < -0.3 is 15.2 Å².